The Labute approximate surface area is 151 Å². The van der Waals surface area contributed by atoms with Crippen molar-refractivity contribution in [3.05, 3.63) is 51.7 Å². The van der Waals surface area contributed by atoms with Gasteiger partial charge < -0.3 is 19.4 Å². The molecule has 26 heavy (non-hydrogen) atoms. The van der Waals surface area contributed by atoms with Crippen LogP contribution in [0.15, 0.2) is 29.1 Å². The highest BCUT2D eigenvalue weighted by molar-refractivity contribution is 5.79. The second kappa shape index (κ2) is 6.82. The number of amides is 1. The molecule has 7 nitrogen and oxygen atoms in total. The molecule has 0 atom stereocenters. The number of rotatable bonds is 3. The predicted octanol–water partition coefficient (Wildman–Crippen LogP) is 1.76. The Morgan fingerprint density at radius 1 is 1.23 bits per heavy atom. The van der Waals surface area contributed by atoms with Gasteiger partial charge in [-0.15, -0.1) is 0 Å². The second-order valence-corrected chi connectivity index (χ2v) is 6.78. The van der Waals surface area contributed by atoms with Crippen LogP contribution in [0.2, 0.25) is 0 Å². The summed E-state index contributed by atoms with van der Waals surface area (Å²) in [7, 11) is 0. The monoisotopic (exact) mass is 355 g/mol. The lowest BCUT2D eigenvalue weighted by atomic mass is 9.93. The number of likely N-dealkylation sites (tertiary alicyclic amines) is 1. The summed E-state index contributed by atoms with van der Waals surface area (Å²) >= 11 is 0. The first-order valence-corrected chi connectivity index (χ1v) is 8.82. The molecule has 0 aliphatic carbocycles. The van der Waals surface area contributed by atoms with E-state index in [1.54, 1.807) is 13.0 Å². The lowest BCUT2D eigenvalue weighted by Gasteiger charge is -2.32. The molecule has 7 heteroatoms. The first-order chi connectivity index (χ1) is 12.6. The van der Waals surface area contributed by atoms with Gasteiger partial charge in [-0.2, -0.15) is 0 Å². The molecule has 0 spiro atoms. The van der Waals surface area contributed by atoms with Crippen molar-refractivity contribution in [2.24, 2.45) is 0 Å². The zero-order chi connectivity index (χ0) is 18.1. The molecule has 1 amide bonds. The van der Waals surface area contributed by atoms with Gasteiger partial charge in [0.1, 0.15) is 5.82 Å². The standard InChI is InChI=1S/C19H21N3O4/c1-12-20-15(10-18(23)21-12)14-4-6-22(7-5-14)19(24)9-13-2-3-16-17(8-13)26-11-25-16/h2-3,8,10,14H,4-7,9,11H2,1H3,(H,20,21,23). The van der Waals surface area contributed by atoms with Crippen LogP contribution >= 0.6 is 0 Å². The van der Waals surface area contributed by atoms with E-state index in [1.807, 2.05) is 23.1 Å². The van der Waals surface area contributed by atoms with Gasteiger partial charge in [-0.05, 0) is 37.5 Å². The molecular weight excluding hydrogens is 334 g/mol. The molecule has 1 N–H and O–H groups in total. The molecule has 1 aromatic heterocycles. The molecule has 1 aromatic carbocycles. The maximum atomic E-state index is 12.6. The minimum atomic E-state index is -0.117. The number of nitrogens with one attached hydrogen (secondary N) is 1. The summed E-state index contributed by atoms with van der Waals surface area (Å²) < 4.78 is 10.7. The number of aryl methyl sites for hydroxylation is 1. The molecule has 0 radical (unpaired) electrons. The molecule has 2 aliphatic rings. The van der Waals surface area contributed by atoms with Crippen LogP contribution in [0.5, 0.6) is 11.5 Å². The number of benzene rings is 1. The van der Waals surface area contributed by atoms with E-state index in [0.29, 0.717) is 31.1 Å². The maximum absolute atomic E-state index is 12.6. The van der Waals surface area contributed by atoms with Gasteiger partial charge in [0.05, 0.1) is 12.1 Å². The van der Waals surface area contributed by atoms with Gasteiger partial charge in [0.25, 0.3) is 5.56 Å². The van der Waals surface area contributed by atoms with Gasteiger partial charge in [0.2, 0.25) is 12.7 Å². The SMILES string of the molecule is Cc1nc(C2CCN(C(=O)Cc3ccc4c(c3)OCO4)CC2)cc(=O)[nH]1. The van der Waals surface area contributed by atoms with E-state index in [-0.39, 0.29) is 24.2 Å². The zero-order valence-corrected chi connectivity index (χ0v) is 14.7. The normalized spacial score (nSPS) is 16.7. The predicted molar refractivity (Wildman–Crippen MR) is 94.4 cm³/mol. The van der Waals surface area contributed by atoms with Crippen LogP contribution in [0.4, 0.5) is 0 Å². The summed E-state index contributed by atoms with van der Waals surface area (Å²) in [5, 5.41) is 0. The minimum Gasteiger partial charge on any atom is -0.454 e. The Hall–Kier alpha value is -2.83. The Balaban J connectivity index is 1.37. The van der Waals surface area contributed by atoms with E-state index in [4.69, 9.17) is 9.47 Å². The Morgan fingerprint density at radius 3 is 2.77 bits per heavy atom. The minimum absolute atomic E-state index is 0.109. The van der Waals surface area contributed by atoms with Crippen molar-refractivity contribution >= 4 is 5.91 Å². The van der Waals surface area contributed by atoms with Gasteiger partial charge in [-0.1, -0.05) is 6.07 Å². The number of piperidine rings is 1. The average molecular weight is 355 g/mol. The fourth-order valence-corrected chi connectivity index (χ4v) is 3.57. The molecule has 4 rings (SSSR count). The summed E-state index contributed by atoms with van der Waals surface area (Å²) in [4.78, 5) is 33.2. The van der Waals surface area contributed by atoms with Crippen LogP contribution < -0.4 is 15.0 Å². The Morgan fingerprint density at radius 2 is 2.00 bits per heavy atom. The lowest BCUT2D eigenvalue weighted by Crippen LogP contribution is -2.39. The van der Waals surface area contributed by atoms with E-state index in [0.717, 1.165) is 29.8 Å². The first kappa shape index (κ1) is 16.6. The average Bonchev–Trinajstić information content (AvgIpc) is 3.09. The van der Waals surface area contributed by atoms with Crippen molar-refractivity contribution in [3.63, 3.8) is 0 Å². The van der Waals surface area contributed by atoms with Crippen molar-refractivity contribution in [3.8, 4) is 11.5 Å². The number of aromatic amines is 1. The highest BCUT2D eigenvalue weighted by Gasteiger charge is 2.25. The van der Waals surface area contributed by atoms with Crippen LogP contribution in [0.3, 0.4) is 0 Å². The molecule has 3 heterocycles. The molecule has 0 unspecified atom stereocenters. The van der Waals surface area contributed by atoms with Crippen LogP contribution in [0, 0.1) is 6.92 Å². The highest BCUT2D eigenvalue weighted by Crippen LogP contribution is 2.33. The number of H-pyrrole nitrogens is 1. The number of ether oxygens (including phenoxy) is 2. The Kier molecular flexibility index (Phi) is 4.36. The topological polar surface area (TPSA) is 84.5 Å². The van der Waals surface area contributed by atoms with Crippen molar-refractivity contribution in [2.75, 3.05) is 19.9 Å². The third-order valence-corrected chi connectivity index (χ3v) is 4.94. The quantitative estimate of drug-likeness (QED) is 0.907. The van der Waals surface area contributed by atoms with Gasteiger partial charge >= 0.3 is 0 Å². The van der Waals surface area contributed by atoms with Crippen LogP contribution in [0.1, 0.15) is 35.8 Å². The molecule has 0 saturated carbocycles. The summed E-state index contributed by atoms with van der Waals surface area (Å²) in [5.41, 5.74) is 1.64. The highest BCUT2D eigenvalue weighted by atomic mass is 16.7. The smallest absolute Gasteiger partial charge is 0.251 e. The molecule has 1 saturated heterocycles. The number of hydrogen-bond donors (Lipinski definition) is 1. The molecule has 136 valence electrons. The van der Waals surface area contributed by atoms with Crippen molar-refractivity contribution in [1.29, 1.82) is 0 Å². The number of nitrogens with zero attached hydrogens (tertiary/aromatic N) is 2. The van der Waals surface area contributed by atoms with Crippen LogP contribution in [-0.4, -0.2) is 40.7 Å². The van der Waals surface area contributed by atoms with E-state index < -0.39 is 0 Å². The summed E-state index contributed by atoms with van der Waals surface area (Å²) in [5.74, 6) is 2.39. The third kappa shape index (κ3) is 3.42. The summed E-state index contributed by atoms with van der Waals surface area (Å²) in [6.45, 7) is 3.38. The number of carbonyl (C=O) groups is 1. The zero-order valence-electron chi connectivity index (χ0n) is 14.7. The molecule has 2 aromatic rings. The van der Waals surface area contributed by atoms with Crippen LogP contribution in [0.25, 0.3) is 0 Å². The molecule has 1 fully saturated rings. The van der Waals surface area contributed by atoms with Crippen molar-refractivity contribution in [2.45, 2.75) is 32.1 Å². The van der Waals surface area contributed by atoms with E-state index in [1.165, 1.54) is 0 Å². The fraction of sp³-hybridized carbons (Fsp3) is 0.421. The number of hydrogen-bond acceptors (Lipinski definition) is 5. The molecule has 2 aliphatic heterocycles. The number of fused-ring (bicyclic) bond motifs is 1. The van der Waals surface area contributed by atoms with Gasteiger partial charge in [-0.3, -0.25) is 9.59 Å². The lowest BCUT2D eigenvalue weighted by molar-refractivity contribution is -0.131. The fourth-order valence-electron chi connectivity index (χ4n) is 3.57. The van der Waals surface area contributed by atoms with E-state index in [2.05, 4.69) is 9.97 Å². The summed E-state index contributed by atoms with van der Waals surface area (Å²) in [6, 6.07) is 7.19. The van der Waals surface area contributed by atoms with Gasteiger partial charge in [0.15, 0.2) is 11.5 Å². The Bertz CT molecular complexity index is 885. The molecule has 0 bridgehead atoms. The number of aromatic nitrogens is 2. The van der Waals surface area contributed by atoms with Gasteiger partial charge in [-0.25, -0.2) is 4.98 Å². The third-order valence-electron chi connectivity index (χ3n) is 4.94. The van der Waals surface area contributed by atoms with Crippen LogP contribution in [-0.2, 0) is 11.2 Å². The first-order valence-electron chi connectivity index (χ1n) is 8.82. The van der Waals surface area contributed by atoms with Gasteiger partial charge in [0, 0.05) is 25.1 Å². The molecular formula is C19H21N3O4. The number of carbonyl (C=O) groups excluding carboxylic acids is 1. The second-order valence-electron chi connectivity index (χ2n) is 6.78. The largest absolute Gasteiger partial charge is 0.454 e. The van der Waals surface area contributed by atoms with Crippen molar-refractivity contribution < 1.29 is 14.3 Å². The van der Waals surface area contributed by atoms with Crippen molar-refractivity contribution in [1.82, 2.24) is 14.9 Å². The van der Waals surface area contributed by atoms with E-state index in [9.17, 15) is 9.59 Å². The van der Waals surface area contributed by atoms with E-state index >= 15 is 0 Å². The summed E-state index contributed by atoms with van der Waals surface area (Å²) in [6.07, 6.45) is 2.00. The maximum Gasteiger partial charge on any atom is 0.251 e.